The van der Waals surface area contributed by atoms with Gasteiger partial charge in [-0.2, -0.15) is 5.26 Å². The van der Waals surface area contributed by atoms with E-state index in [0.29, 0.717) is 22.4 Å². The molecule has 0 aliphatic heterocycles. The SMILES string of the molecule is C[C@@H](C#N)CSc1ccccc1NC(=O)c1cc(=O)c2ccccc2o1. The number of hydrogen-bond donors (Lipinski definition) is 1. The second-order valence-corrected chi connectivity index (χ2v) is 6.82. The zero-order valence-corrected chi connectivity index (χ0v) is 14.9. The van der Waals surface area contributed by atoms with Gasteiger partial charge >= 0.3 is 0 Å². The first-order chi connectivity index (χ1) is 12.6. The average Bonchev–Trinajstić information content (AvgIpc) is 2.67. The van der Waals surface area contributed by atoms with Crippen LogP contribution in [0.3, 0.4) is 0 Å². The van der Waals surface area contributed by atoms with Crippen LogP contribution in [0.5, 0.6) is 0 Å². The molecule has 130 valence electrons. The van der Waals surface area contributed by atoms with Crippen LogP contribution in [-0.2, 0) is 0 Å². The zero-order chi connectivity index (χ0) is 18.5. The Bertz CT molecular complexity index is 1050. The minimum atomic E-state index is -0.491. The van der Waals surface area contributed by atoms with Crippen molar-refractivity contribution in [3.8, 4) is 6.07 Å². The van der Waals surface area contributed by atoms with Crippen LogP contribution in [0.1, 0.15) is 17.5 Å². The number of hydrogen-bond acceptors (Lipinski definition) is 5. The molecule has 0 saturated carbocycles. The van der Waals surface area contributed by atoms with Crippen molar-refractivity contribution < 1.29 is 9.21 Å². The highest BCUT2D eigenvalue weighted by Gasteiger charge is 2.14. The smallest absolute Gasteiger partial charge is 0.291 e. The highest BCUT2D eigenvalue weighted by molar-refractivity contribution is 7.99. The molecule has 6 heteroatoms. The average molecular weight is 364 g/mol. The van der Waals surface area contributed by atoms with E-state index >= 15 is 0 Å². The van der Waals surface area contributed by atoms with Crippen LogP contribution < -0.4 is 10.7 Å². The van der Waals surface area contributed by atoms with Gasteiger partial charge < -0.3 is 9.73 Å². The van der Waals surface area contributed by atoms with E-state index in [0.717, 1.165) is 4.90 Å². The van der Waals surface area contributed by atoms with Crippen LogP contribution in [0.4, 0.5) is 5.69 Å². The summed E-state index contributed by atoms with van der Waals surface area (Å²) < 4.78 is 5.57. The van der Waals surface area contributed by atoms with Crippen molar-refractivity contribution in [3.63, 3.8) is 0 Å². The number of thioether (sulfide) groups is 1. The van der Waals surface area contributed by atoms with E-state index in [9.17, 15) is 9.59 Å². The molecule has 26 heavy (non-hydrogen) atoms. The number of para-hydroxylation sites is 2. The van der Waals surface area contributed by atoms with Gasteiger partial charge in [-0.05, 0) is 31.2 Å². The molecule has 0 spiro atoms. The maximum atomic E-state index is 12.6. The Morgan fingerprint density at radius 1 is 1.23 bits per heavy atom. The van der Waals surface area contributed by atoms with Gasteiger partial charge in [-0.15, -0.1) is 11.8 Å². The third kappa shape index (κ3) is 3.95. The standard InChI is InChI=1S/C20H16N2O3S/c1-13(11-21)12-26-19-9-5-3-7-15(19)22-20(24)18-10-16(23)14-6-2-4-8-17(14)25-18/h2-10,13H,12H2,1H3,(H,22,24)/t13-/m0/s1. The van der Waals surface area contributed by atoms with Crippen LogP contribution >= 0.6 is 11.8 Å². The first-order valence-electron chi connectivity index (χ1n) is 8.04. The number of nitrogens with zero attached hydrogens (tertiary/aromatic N) is 1. The number of anilines is 1. The van der Waals surface area contributed by atoms with Gasteiger partial charge in [0.25, 0.3) is 5.91 Å². The molecule has 1 atom stereocenters. The fourth-order valence-electron chi connectivity index (χ4n) is 2.35. The number of nitrogens with one attached hydrogen (secondary N) is 1. The lowest BCUT2D eigenvalue weighted by molar-refractivity contribution is 0.0997. The van der Waals surface area contributed by atoms with Gasteiger partial charge in [0.05, 0.1) is 23.1 Å². The number of carbonyl (C=O) groups excluding carboxylic acids is 1. The van der Waals surface area contributed by atoms with Crippen molar-refractivity contribution in [2.45, 2.75) is 11.8 Å². The predicted octanol–water partition coefficient (Wildman–Crippen LogP) is 4.30. The lowest BCUT2D eigenvalue weighted by atomic mass is 10.2. The molecule has 3 aromatic rings. The summed E-state index contributed by atoms with van der Waals surface area (Å²) >= 11 is 1.49. The highest BCUT2D eigenvalue weighted by Crippen LogP contribution is 2.29. The number of fused-ring (bicyclic) bond motifs is 1. The fourth-order valence-corrected chi connectivity index (χ4v) is 3.30. The lowest BCUT2D eigenvalue weighted by Gasteiger charge is -2.11. The maximum Gasteiger partial charge on any atom is 0.291 e. The Kier molecular flexibility index (Phi) is 5.40. The Morgan fingerprint density at radius 3 is 2.77 bits per heavy atom. The summed E-state index contributed by atoms with van der Waals surface area (Å²) in [6.07, 6.45) is 0. The van der Waals surface area contributed by atoms with Gasteiger partial charge in [-0.1, -0.05) is 24.3 Å². The molecule has 0 bridgehead atoms. The van der Waals surface area contributed by atoms with E-state index in [2.05, 4.69) is 11.4 Å². The molecule has 0 unspecified atom stereocenters. The maximum absolute atomic E-state index is 12.6. The summed E-state index contributed by atoms with van der Waals surface area (Å²) in [5, 5.41) is 12.1. The van der Waals surface area contributed by atoms with Crippen molar-refractivity contribution in [1.82, 2.24) is 0 Å². The van der Waals surface area contributed by atoms with E-state index in [4.69, 9.17) is 9.68 Å². The Labute approximate surface area is 154 Å². The summed E-state index contributed by atoms with van der Waals surface area (Å²) in [6.45, 7) is 1.85. The first kappa shape index (κ1) is 17.8. The number of benzene rings is 2. The first-order valence-corrected chi connectivity index (χ1v) is 9.02. The molecular formula is C20H16N2O3S. The fraction of sp³-hybridized carbons (Fsp3) is 0.150. The van der Waals surface area contributed by atoms with E-state index in [-0.39, 0.29) is 17.1 Å². The molecular weight excluding hydrogens is 348 g/mol. The van der Waals surface area contributed by atoms with Crippen molar-refractivity contribution in [3.05, 3.63) is 70.6 Å². The number of amides is 1. The van der Waals surface area contributed by atoms with Crippen molar-refractivity contribution in [1.29, 1.82) is 5.26 Å². The summed E-state index contributed by atoms with van der Waals surface area (Å²) in [5.74, 6) is -0.00978. The molecule has 2 aromatic carbocycles. The van der Waals surface area contributed by atoms with Gasteiger partial charge in [-0.3, -0.25) is 9.59 Å². The number of rotatable bonds is 5. The third-order valence-corrected chi connectivity index (χ3v) is 5.04. The van der Waals surface area contributed by atoms with E-state index in [1.165, 1.54) is 17.8 Å². The minimum absolute atomic E-state index is 0.0427. The third-order valence-electron chi connectivity index (χ3n) is 3.70. The van der Waals surface area contributed by atoms with Gasteiger partial charge in [0.1, 0.15) is 5.58 Å². The van der Waals surface area contributed by atoms with Gasteiger partial charge in [0, 0.05) is 16.7 Å². The van der Waals surface area contributed by atoms with E-state index < -0.39 is 5.91 Å². The monoisotopic (exact) mass is 364 g/mol. The van der Waals surface area contributed by atoms with Crippen LogP contribution in [0.15, 0.2) is 68.7 Å². The zero-order valence-electron chi connectivity index (χ0n) is 14.1. The van der Waals surface area contributed by atoms with Crippen LogP contribution in [0.25, 0.3) is 11.0 Å². The molecule has 1 amide bonds. The Morgan fingerprint density at radius 2 is 1.96 bits per heavy atom. The van der Waals surface area contributed by atoms with Gasteiger partial charge in [0.15, 0.2) is 11.2 Å². The molecule has 0 radical (unpaired) electrons. The molecule has 1 N–H and O–H groups in total. The summed E-state index contributed by atoms with van der Waals surface area (Å²) in [4.78, 5) is 25.6. The molecule has 1 heterocycles. The molecule has 0 aliphatic rings. The second kappa shape index (κ2) is 7.89. The van der Waals surface area contributed by atoms with E-state index in [1.54, 1.807) is 30.3 Å². The van der Waals surface area contributed by atoms with Gasteiger partial charge in [0.2, 0.25) is 0 Å². The van der Waals surface area contributed by atoms with E-state index in [1.807, 2.05) is 25.1 Å². The normalized spacial score (nSPS) is 11.7. The quantitative estimate of drug-likeness (QED) is 0.683. The number of carbonyl (C=O) groups is 1. The molecule has 1 aromatic heterocycles. The lowest BCUT2D eigenvalue weighted by Crippen LogP contribution is -2.15. The summed E-state index contributed by atoms with van der Waals surface area (Å²) in [6, 6.07) is 17.5. The Balaban J connectivity index is 1.85. The number of nitriles is 1. The Hall–Kier alpha value is -3.04. The summed E-state index contributed by atoms with van der Waals surface area (Å²) in [5.41, 5.74) is 0.724. The minimum Gasteiger partial charge on any atom is -0.451 e. The molecule has 5 nitrogen and oxygen atoms in total. The second-order valence-electron chi connectivity index (χ2n) is 5.76. The summed E-state index contributed by atoms with van der Waals surface area (Å²) in [7, 11) is 0. The molecule has 3 rings (SSSR count). The predicted molar refractivity (Wildman–Crippen MR) is 102 cm³/mol. The largest absolute Gasteiger partial charge is 0.451 e. The topological polar surface area (TPSA) is 83.1 Å². The molecule has 0 saturated heterocycles. The molecule has 0 fully saturated rings. The van der Waals surface area contributed by atoms with Crippen molar-refractivity contribution >= 4 is 34.3 Å². The van der Waals surface area contributed by atoms with Crippen LogP contribution in [0.2, 0.25) is 0 Å². The van der Waals surface area contributed by atoms with Crippen LogP contribution in [0, 0.1) is 17.2 Å². The van der Waals surface area contributed by atoms with Crippen molar-refractivity contribution in [2.24, 2.45) is 5.92 Å². The van der Waals surface area contributed by atoms with Crippen LogP contribution in [-0.4, -0.2) is 11.7 Å². The molecule has 0 aliphatic carbocycles. The van der Waals surface area contributed by atoms with Crippen molar-refractivity contribution in [2.75, 3.05) is 11.1 Å². The highest BCUT2D eigenvalue weighted by atomic mass is 32.2. The van der Waals surface area contributed by atoms with Gasteiger partial charge in [-0.25, -0.2) is 0 Å².